The summed E-state index contributed by atoms with van der Waals surface area (Å²) in [6, 6.07) is 36.2. The van der Waals surface area contributed by atoms with Crippen molar-refractivity contribution in [3.63, 3.8) is 0 Å². The Kier molecular flexibility index (Phi) is 6.79. The summed E-state index contributed by atoms with van der Waals surface area (Å²) in [4.78, 5) is 0. The average molecular weight is 414 g/mol. The van der Waals surface area contributed by atoms with Crippen LogP contribution < -0.4 is 5.32 Å². The van der Waals surface area contributed by atoms with Crippen molar-refractivity contribution in [1.82, 2.24) is 0 Å². The van der Waals surface area contributed by atoms with Crippen LogP contribution in [0.2, 0.25) is 0 Å². The molecule has 156 valence electrons. The number of benzene rings is 4. The van der Waals surface area contributed by atoms with E-state index < -0.39 is 0 Å². The van der Waals surface area contributed by atoms with E-state index in [9.17, 15) is 0 Å². The zero-order chi connectivity index (χ0) is 22.2. The molecule has 0 fully saturated rings. The van der Waals surface area contributed by atoms with Crippen molar-refractivity contribution in [1.29, 1.82) is 0 Å². The van der Waals surface area contributed by atoms with Crippen molar-refractivity contribution < 1.29 is 0 Å². The Balaban J connectivity index is 1.53. The molecular weight excluding hydrogens is 386 g/mol. The highest BCUT2D eigenvalue weighted by Crippen LogP contribution is 2.33. The van der Waals surface area contributed by atoms with E-state index in [1.165, 1.54) is 27.8 Å². The van der Waals surface area contributed by atoms with Gasteiger partial charge >= 0.3 is 0 Å². The zero-order valence-corrected chi connectivity index (χ0v) is 18.3. The maximum Gasteiger partial charge on any atom is 0.0384 e. The second-order valence-electron chi connectivity index (χ2n) is 7.55. The van der Waals surface area contributed by atoms with Gasteiger partial charge in [-0.15, -0.1) is 0 Å². The molecule has 0 spiro atoms. The molecule has 0 saturated heterocycles. The SMILES string of the molecule is C=C/C=C(\C=C/C)c1ccc(Nc2ccc(-c3ccccc3-c3ccccc3)cc2)cc1. The first-order valence-electron chi connectivity index (χ1n) is 10.9. The zero-order valence-electron chi connectivity index (χ0n) is 18.3. The summed E-state index contributed by atoms with van der Waals surface area (Å²) in [5.74, 6) is 0. The summed E-state index contributed by atoms with van der Waals surface area (Å²) < 4.78 is 0. The second-order valence-corrected chi connectivity index (χ2v) is 7.55. The number of anilines is 2. The molecule has 32 heavy (non-hydrogen) atoms. The van der Waals surface area contributed by atoms with Crippen molar-refractivity contribution in [3.8, 4) is 22.3 Å². The van der Waals surface area contributed by atoms with Gasteiger partial charge in [0.1, 0.15) is 0 Å². The van der Waals surface area contributed by atoms with Crippen molar-refractivity contribution in [2.45, 2.75) is 6.92 Å². The van der Waals surface area contributed by atoms with E-state index in [0.717, 1.165) is 16.9 Å². The summed E-state index contributed by atoms with van der Waals surface area (Å²) in [5, 5.41) is 3.50. The Morgan fingerprint density at radius 3 is 1.75 bits per heavy atom. The lowest BCUT2D eigenvalue weighted by atomic mass is 9.94. The van der Waals surface area contributed by atoms with Gasteiger partial charge in [-0.1, -0.05) is 110 Å². The minimum Gasteiger partial charge on any atom is -0.356 e. The fourth-order valence-electron chi connectivity index (χ4n) is 3.80. The number of allylic oxidation sites excluding steroid dienone is 5. The molecule has 0 unspecified atom stereocenters. The molecule has 1 N–H and O–H groups in total. The summed E-state index contributed by atoms with van der Waals surface area (Å²) in [6.45, 7) is 5.83. The van der Waals surface area contributed by atoms with Crippen LogP contribution in [-0.2, 0) is 0 Å². The molecule has 0 amide bonds. The highest BCUT2D eigenvalue weighted by Gasteiger charge is 2.07. The molecular formula is C31H27N. The topological polar surface area (TPSA) is 12.0 Å². The quantitative estimate of drug-likeness (QED) is 0.298. The van der Waals surface area contributed by atoms with E-state index in [1.807, 2.05) is 25.2 Å². The predicted molar refractivity (Wildman–Crippen MR) is 140 cm³/mol. The molecule has 0 atom stereocenters. The largest absolute Gasteiger partial charge is 0.356 e. The third kappa shape index (κ3) is 4.96. The minimum atomic E-state index is 1.06. The highest BCUT2D eigenvalue weighted by atomic mass is 14.9. The molecule has 0 heterocycles. The molecule has 0 radical (unpaired) electrons. The Labute approximate surface area is 191 Å². The number of hydrogen-bond donors (Lipinski definition) is 1. The van der Waals surface area contributed by atoms with Gasteiger partial charge in [-0.25, -0.2) is 0 Å². The van der Waals surface area contributed by atoms with Gasteiger partial charge in [0.2, 0.25) is 0 Å². The molecule has 4 aromatic carbocycles. The van der Waals surface area contributed by atoms with E-state index >= 15 is 0 Å². The number of nitrogens with one attached hydrogen (secondary N) is 1. The van der Waals surface area contributed by atoms with Crippen molar-refractivity contribution in [2.24, 2.45) is 0 Å². The third-order valence-electron chi connectivity index (χ3n) is 5.36. The van der Waals surface area contributed by atoms with Gasteiger partial charge in [-0.2, -0.15) is 0 Å². The van der Waals surface area contributed by atoms with Crippen LogP contribution in [0.25, 0.3) is 27.8 Å². The van der Waals surface area contributed by atoms with Gasteiger partial charge in [-0.3, -0.25) is 0 Å². The Morgan fingerprint density at radius 2 is 1.19 bits per heavy atom. The third-order valence-corrected chi connectivity index (χ3v) is 5.36. The summed E-state index contributed by atoms with van der Waals surface area (Å²) in [6.07, 6.45) is 7.97. The van der Waals surface area contributed by atoms with E-state index in [4.69, 9.17) is 0 Å². The lowest BCUT2D eigenvalue weighted by molar-refractivity contribution is 1.52. The Bertz CT molecular complexity index is 1230. The van der Waals surface area contributed by atoms with Crippen molar-refractivity contribution >= 4 is 16.9 Å². The minimum absolute atomic E-state index is 1.06. The predicted octanol–water partition coefficient (Wildman–Crippen LogP) is 8.91. The van der Waals surface area contributed by atoms with E-state index in [2.05, 4.69) is 121 Å². The van der Waals surface area contributed by atoms with Gasteiger partial charge in [0.15, 0.2) is 0 Å². The Hall–Kier alpha value is -4.10. The van der Waals surface area contributed by atoms with Gasteiger partial charge in [0.05, 0.1) is 0 Å². The standard InChI is InChI=1S/C31H27N/c1-3-10-24(11-4-2)25-16-20-28(21-17-25)32-29-22-18-27(19-23-29)31-15-9-8-14-30(31)26-12-6-5-7-13-26/h3-23,32H,1H2,2H3/b11-4-,24-10+. The first kappa shape index (κ1) is 21.1. The second kappa shape index (κ2) is 10.3. The lowest BCUT2D eigenvalue weighted by Crippen LogP contribution is -1.91. The van der Waals surface area contributed by atoms with Crippen molar-refractivity contribution in [3.05, 3.63) is 140 Å². The van der Waals surface area contributed by atoms with Crippen LogP contribution in [0.15, 0.2) is 134 Å². The normalized spacial score (nSPS) is 11.5. The monoisotopic (exact) mass is 413 g/mol. The molecule has 0 bridgehead atoms. The molecule has 1 nitrogen and oxygen atoms in total. The fourth-order valence-corrected chi connectivity index (χ4v) is 3.80. The van der Waals surface area contributed by atoms with E-state index in [0.29, 0.717) is 0 Å². The molecule has 0 aromatic heterocycles. The van der Waals surface area contributed by atoms with Gasteiger partial charge in [-0.05, 0) is 64.6 Å². The van der Waals surface area contributed by atoms with Crippen LogP contribution in [0.5, 0.6) is 0 Å². The summed E-state index contributed by atoms with van der Waals surface area (Å²) in [5.41, 5.74) is 9.36. The van der Waals surface area contributed by atoms with Crippen molar-refractivity contribution in [2.75, 3.05) is 5.32 Å². The average Bonchev–Trinajstić information content (AvgIpc) is 2.85. The van der Waals surface area contributed by atoms with Gasteiger partial charge < -0.3 is 5.32 Å². The van der Waals surface area contributed by atoms with Gasteiger partial charge in [0, 0.05) is 11.4 Å². The van der Waals surface area contributed by atoms with Crippen LogP contribution in [0.1, 0.15) is 12.5 Å². The summed E-state index contributed by atoms with van der Waals surface area (Å²) >= 11 is 0. The van der Waals surface area contributed by atoms with E-state index in [-0.39, 0.29) is 0 Å². The van der Waals surface area contributed by atoms with Crippen LogP contribution in [0, 0.1) is 0 Å². The first-order valence-corrected chi connectivity index (χ1v) is 10.9. The lowest BCUT2D eigenvalue weighted by Gasteiger charge is -2.12. The molecule has 4 aromatic rings. The molecule has 0 aliphatic carbocycles. The number of hydrogen-bond acceptors (Lipinski definition) is 1. The van der Waals surface area contributed by atoms with Crippen LogP contribution >= 0.6 is 0 Å². The maximum atomic E-state index is 3.81. The number of rotatable bonds is 7. The summed E-state index contributed by atoms with van der Waals surface area (Å²) in [7, 11) is 0. The van der Waals surface area contributed by atoms with Crippen LogP contribution in [-0.4, -0.2) is 0 Å². The molecule has 0 saturated carbocycles. The smallest absolute Gasteiger partial charge is 0.0384 e. The first-order chi connectivity index (χ1) is 15.8. The van der Waals surface area contributed by atoms with E-state index in [1.54, 1.807) is 0 Å². The molecule has 0 aliphatic heterocycles. The Morgan fingerprint density at radius 1 is 0.656 bits per heavy atom. The molecule has 4 rings (SSSR count). The maximum absolute atomic E-state index is 3.81. The highest BCUT2D eigenvalue weighted by molar-refractivity contribution is 5.84. The molecule has 0 aliphatic rings. The van der Waals surface area contributed by atoms with Gasteiger partial charge in [0.25, 0.3) is 0 Å². The fraction of sp³-hybridized carbons (Fsp3) is 0.0323. The molecule has 1 heteroatoms. The van der Waals surface area contributed by atoms with Crippen LogP contribution in [0.4, 0.5) is 11.4 Å². The van der Waals surface area contributed by atoms with Crippen LogP contribution in [0.3, 0.4) is 0 Å².